The normalized spacial score (nSPS) is 16.7. The van der Waals surface area contributed by atoms with Crippen molar-refractivity contribution in [1.82, 2.24) is 4.90 Å². The lowest BCUT2D eigenvalue weighted by molar-refractivity contribution is -0.121. The molecule has 1 aliphatic rings. The summed E-state index contributed by atoms with van der Waals surface area (Å²) in [5.41, 5.74) is 1.07. The lowest BCUT2D eigenvalue weighted by Crippen LogP contribution is -2.35. The first-order valence-electron chi connectivity index (χ1n) is 8.08. The van der Waals surface area contributed by atoms with Crippen LogP contribution in [0.2, 0.25) is 0 Å². The molecule has 0 saturated carbocycles. The fraction of sp³-hybridized carbons (Fsp3) is 0.211. The quantitative estimate of drug-likeness (QED) is 0.855. The smallest absolute Gasteiger partial charge is 0.256 e. The molecule has 2 aromatic carbocycles. The number of anilines is 2. The van der Waals surface area contributed by atoms with Gasteiger partial charge in [-0.25, -0.2) is 9.29 Å². The lowest BCUT2D eigenvalue weighted by Gasteiger charge is -2.17. The van der Waals surface area contributed by atoms with Crippen molar-refractivity contribution in [3.63, 3.8) is 0 Å². The van der Waals surface area contributed by atoms with E-state index in [0.29, 0.717) is 11.3 Å². The van der Waals surface area contributed by atoms with Crippen LogP contribution in [0.5, 0.6) is 0 Å². The number of nitrogens with zero attached hydrogens (tertiary/aromatic N) is 2. The van der Waals surface area contributed by atoms with E-state index in [1.807, 2.05) is 0 Å². The molecule has 0 radical (unpaired) electrons. The zero-order chi connectivity index (χ0) is 18.8. The predicted molar refractivity (Wildman–Crippen MR) is 95.4 cm³/mol. The molecule has 26 heavy (non-hydrogen) atoms. The van der Waals surface area contributed by atoms with E-state index in [4.69, 9.17) is 0 Å². The van der Waals surface area contributed by atoms with Gasteiger partial charge < -0.3 is 10.2 Å². The predicted octanol–water partition coefficient (Wildman–Crippen LogP) is 2.27. The minimum atomic E-state index is -0.780. The number of halogens is 1. The molecule has 0 spiro atoms. The van der Waals surface area contributed by atoms with Crippen molar-refractivity contribution < 1.29 is 18.8 Å². The summed E-state index contributed by atoms with van der Waals surface area (Å²) in [6.07, 6.45) is -0.0639. The van der Waals surface area contributed by atoms with Crippen molar-refractivity contribution in [1.29, 1.82) is 0 Å². The van der Waals surface area contributed by atoms with Crippen molar-refractivity contribution in [2.45, 2.75) is 12.5 Å². The van der Waals surface area contributed by atoms with E-state index >= 15 is 0 Å². The molecule has 0 aliphatic carbocycles. The van der Waals surface area contributed by atoms with Gasteiger partial charge in [0.25, 0.3) is 11.8 Å². The molecular weight excluding hydrogens is 337 g/mol. The number of nitrogens with one attached hydrogen (secondary N) is 1. The summed E-state index contributed by atoms with van der Waals surface area (Å²) in [4.78, 5) is 39.0. The fourth-order valence-corrected chi connectivity index (χ4v) is 2.80. The Morgan fingerprint density at radius 1 is 1.12 bits per heavy atom. The van der Waals surface area contributed by atoms with Crippen LogP contribution in [0.15, 0.2) is 48.5 Å². The van der Waals surface area contributed by atoms with Crippen LogP contribution in [0.3, 0.4) is 0 Å². The molecule has 1 aliphatic heterocycles. The molecule has 0 aromatic heterocycles. The second-order valence-electron chi connectivity index (χ2n) is 6.20. The highest BCUT2D eigenvalue weighted by molar-refractivity contribution is 6.23. The van der Waals surface area contributed by atoms with E-state index in [2.05, 4.69) is 5.32 Å². The van der Waals surface area contributed by atoms with E-state index in [0.717, 1.165) is 4.90 Å². The molecule has 0 unspecified atom stereocenters. The zero-order valence-electron chi connectivity index (χ0n) is 14.4. The number of amides is 3. The van der Waals surface area contributed by atoms with Gasteiger partial charge in [-0.05, 0) is 36.4 Å². The van der Waals surface area contributed by atoms with Crippen LogP contribution in [-0.4, -0.2) is 42.8 Å². The summed E-state index contributed by atoms with van der Waals surface area (Å²) in [7, 11) is 3.32. The molecule has 1 fully saturated rings. The van der Waals surface area contributed by atoms with E-state index in [1.165, 1.54) is 23.1 Å². The van der Waals surface area contributed by atoms with Crippen LogP contribution >= 0.6 is 0 Å². The molecule has 134 valence electrons. The second kappa shape index (κ2) is 6.95. The summed E-state index contributed by atoms with van der Waals surface area (Å²) >= 11 is 0. The number of para-hydroxylation sites is 1. The highest BCUT2D eigenvalue weighted by Crippen LogP contribution is 2.27. The third kappa shape index (κ3) is 3.28. The van der Waals surface area contributed by atoms with Crippen LogP contribution in [0.25, 0.3) is 0 Å². The van der Waals surface area contributed by atoms with Crippen LogP contribution in [0.1, 0.15) is 16.8 Å². The highest BCUT2D eigenvalue weighted by atomic mass is 19.1. The van der Waals surface area contributed by atoms with Gasteiger partial charge in [-0.3, -0.25) is 14.4 Å². The van der Waals surface area contributed by atoms with Crippen LogP contribution < -0.4 is 10.2 Å². The van der Waals surface area contributed by atoms with Crippen molar-refractivity contribution in [3.05, 3.63) is 59.9 Å². The molecule has 1 N–H and O–H groups in total. The van der Waals surface area contributed by atoms with Gasteiger partial charge in [0.2, 0.25) is 5.91 Å². The Balaban J connectivity index is 1.75. The van der Waals surface area contributed by atoms with Gasteiger partial charge in [-0.15, -0.1) is 0 Å². The molecule has 7 heteroatoms. The monoisotopic (exact) mass is 355 g/mol. The topological polar surface area (TPSA) is 69.7 Å². The second-order valence-corrected chi connectivity index (χ2v) is 6.20. The lowest BCUT2D eigenvalue weighted by atomic mass is 10.1. The van der Waals surface area contributed by atoms with E-state index in [-0.39, 0.29) is 18.0 Å². The molecule has 1 atom stereocenters. The van der Waals surface area contributed by atoms with Crippen molar-refractivity contribution in [3.8, 4) is 0 Å². The number of imide groups is 1. The molecule has 0 bridgehead atoms. The highest BCUT2D eigenvalue weighted by Gasteiger charge is 2.40. The fourth-order valence-electron chi connectivity index (χ4n) is 2.80. The van der Waals surface area contributed by atoms with E-state index < -0.39 is 23.7 Å². The Kier molecular flexibility index (Phi) is 4.71. The van der Waals surface area contributed by atoms with Crippen LogP contribution in [0, 0.1) is 5.82 Å². The minimum Gasteiger partial charge on any atom is -0.373 e. The Morgan fingerprint density at radius 3 is 2.38 bits per heavy atom. The Labute approximate surface area is 150 Å². The third-order valence-corrected chi connectivity index (χ3v) is 4.12. The van der Waals surface area contributed by atoms with Crippen LogP contribution in [0.4, 0.5) is 15.8 Å². The molecule has 3 amide bonds. The SMILES string of the molecule is CN(C)C(=O)c1ccc(N[C@H]2CC(=O)N(c3ccccc3F)C2=O)cc1. The van der Waals surface area contributed by atoms with E-state index in [1.54, 1.807) is 44.4 Å². The number of hydrogen-bond donors (Lipinski definition) is 1. The first kappa shape index (κ1) is 17.6. The molecular formula is C19H18FN3O3. The maximum Gasteiger partial charge on any atom is 0.256 e. The van der Waals surface area contributed by atoms with E-state index in [9.17, 15) is 18.8 Å². The number of hydrogen-bond acceptors (Lipinski definition) is 4. The minimum absolute atomic E-state index is 0.0428. The van der Waals surface area contributed by atoms with Gasteiger partial charge >= 0.3 is 0 Å². The van der Waals surface area contributed by atoms with Crippen molar-refractivity contribution in [2.75, 3.05) is 24.3 Å². The maximum absolute atomic E-state index is 13.9. The van der Waals surface area contributed by atoms with Gasteiger partial charge in [-0.2, -0.15) is 0 Å². The zero-order valence-corrected chi connectivity index (χ0v) is 14.4. The summed E-state index contributed by atoms with van der Waals surface area (Å²) in [6.45, 7) is 0. The van der Waals surface area contributed by atoms with Crippen LogP contribution in [-0.2, 0) is 9.59 Å². The molecule has 1 saturated heterocycles. The summed E-state index contributed by atoms with van der Waals surface area (Å²) in [6, 6.07) is 11.5. The average Bonchev–Trinajstić information content (AvgIpc) is 2.89. The van der Waals surface area contributed by atoms with Gasteiger partial charge in [0.15, 0.2) is 0 Å². The first-order valence-corrected chi connectivity index (χ1v) is 8.08. The Bertz CT molecular complexity index is 865. The third-order valence-electron chi connectivity index (χ3n) is 4.12. The standard InChI is InChI=1S/C19H18FN3O3/c1-22(2)18(25)12-7-9-13(10-8-12)21-15-11-17(24)23(19(15)26)16-6-4-3-5-14(16)20/h3-10,15,21H,11H2,1-2H3/t15-/m0/s1. The molecule has 1 heterocycles. The molecule has 3 rings (SSSR count). The van der Waals surface area contributed by atoms with Gasteiger partial charge in [0.05, 0.1) is 12.1 Å². The first-order chi connectivity index (χ1) is 12.4. The molecule has 6 nitrogen and oxygen atoms in total. The van der Waals surface area contributed by atoms with Gasteiger partial charge in [-0.1, -0.05) is 12.1 Å². The summed E-state index contributed by atoms with van der Waals surface area (Å²) < 4.78 is 13.9. The largest absolute Gasteiger partial charge is 0.373 e. The Hall–Kier alpha value is -3.22. The van der Waals surface area contributed by atoms with Gasteiger partial charge in [0, 0.05) is 25.3 Å². The van der Waals surface area contributed by atoms with Gasteiger partial charge in [0.1, 0.15) is 11.9 Å². The summed E-state index contributed by atoms with van der Waals surface area (Å²) in [5, 5.41) is 2.98. The van der Waals surface area contributed by atoms with Crippen molar-refractivity contribution in [2.24, 2.45) is 0 Å². The number of benzene rings is 2. The average molecular weight is 355 g/mol. The number of carbonyl (C=O) groups is 3. The maximum atomic E-state index is 13.9. The number of carbonyl (C=O) groups excluding carboxylic acids is 3. The molecule has 2 aromatic rings. The Morgan fingerprint density at radius 2 is 1.77 bits per heavy atom. The summed E-state index contributed by atoms with van der Waals surface area (Å²) in [5.74, 6) is -1.72. The van der Waals surface area contributed by atoms with Crippen molar-refractivity contribution >= 4 is 29.1 Å². The number of rotatable bonds is 4.